The molecule has 2 bridgehead atoms. The third-order valence-electron chi connectivity index (χ3n) is 4.25. The first-order valence-electron chi connectivity index (χ1n) is 5.58. The van der Waals surface area contributed by atoms with E-state index in [1.807, 2.05) is 0 Å². The number of fused-ring (bicyclic) bond motifs is 1. The molecule has 0 amide bonds. The van der Waals surface area contributed by atoms with Crippen LogP contribution in [-0.4, -0.2) is 5.78 Å². The van der Waals surface area contributed by atoms with Crippen LogP contribution >= 0.6 is 0 Å². The van der Waals surface area contributed by atoms with Crippen molar-refractivity contribution < 1.29 is 4.79 Å². The van der Waals surface area contributed by atoms with Crippen LogP contribution < -0.4 is 0 Å². The summed E-state index contributed by atoms with van der Waals surface area (Å²) in [5, 5.41) is 0. The van der Waals surface area contributed by atoms with E-state index < -0.39 is 0 Å². The maximum absolute atomic E-state index is 12.0. The number of hydrogen-bond acceptors (Lipinski definition) is 1. The van der Waals surface area contributed by atoms with Crippen LogP contribution in [0.25, 0.3) is 0 Å². The summed E-state index contributed by atoms with van der Waals surface area (Å²) >= 11 is 0. The topological polar surface area (TPSA) is 17.1 Å². The predicted molar refractivity (Wildman–Crippen MR) is 51.2 cm³/mol. The summed E-state index contributed by atoms with van der Waals surface area (Å²) < 4.78 is 0. The van der Waals surface area contributed by atoms with E-state index in [4.69, 9.17) is 0 Å². The van der Waals surface area contributed by atoms with Crippen LogP contribution in [0.15, 0.2) is 12.2 Å². The van der Waals surface area contributed by atoms with Crippen LogP contribution in [0, 0.1) is 23.7 Å². The van der Waals surface area contributed by atoms with E-state index >= 15 is 0 Å². The molecule has 0 spiro atoms. The molecule has 0 heterocycles. The highest BCUT2D eigenvalue weighted by Crippen LogP contribution is 2.47. The van der Waals surface area contributed by atoms with Gasteiger partial charge in [0.2, 0.25) is 0 Å². The second-order valence-electron chi connectivity index (χ2n) is 4.84. The van der Waals surface area contributed by atoms with Crippen LogP contribution in [0.5, 0.6) is 0 Å². The molecule has 0 aromatic rings. The van der Waals surface area contributed by atoms with Crippen molar-refractivity contribution in [2.75, 3.05) is 0 Å². The van der Waals surface area contributed by atoms with Gasteiger partial charge < -0.3 is 0 Å². The largest absolute Gasteiger partial charge is 0.299 e. The quantitative estimate of drug-likeness (QED) is 0.518. The average molecular weight is 176 g/mol. The van der Waals surface area contributed by atoms with Crippen LogP contribution in [0.4, 0.5) is 0 Å². The third-order valence-corrected chi connectivity index (χ3v) is 4.25. The normalized spacial score (nSPS) is 47.8. The zero-order valence-corrected chi connectivity index (χ0v) is 7.91. The van der Waals surface area contributed by atoms with Gasteiger partial charge in [0.05, 0.1) is 0 Å². The Bertz CT molecular complexity index is 266. The van der Waals surface area contributed by atoms with Crippen molar-refractivity contribution in [2.24, 2.45) is 23.7 Å². The molecule has 1 heteroatoms. The van der Waals surface area contributed by atoms with Crippen LogP contribution in [0.3, 0.4) is 0 Å². The van der Waals surface area contributed by atoms with Gasteiger partial charge in [-0.15, -0.1) is 0 Å². The first-order chi connectivity index (χ1) is 6.36. The Morgan fingerprint density at radius 2 is 2.00 bits per heavy atom. The second kappa shape index (κ2) is 2.70. The fourth-order valence-corrected chi connectivity index (χ4v) is 3.56. The number of carbonyl (C=O) groups is 1. The molecular formula is C12H16O. The second-order valence-corrected chi connectivity index (χ2v) is 4.84. The Kier molecular flexibility index (Phi) is 1.61. The lowest BCUT2D eigenvalue weighted by atomic mass is 9.83. The molecular weight excluding hydrogens is 160 g/mol. The van der Waals surface area contributed by atoms with Crippen LogP contribution in [-0.2, 0) is 4.79 Å². The van der Waals surface area contributed by atoms with Crippen molar-refractivity contribution in [1.29, 1.82) is 0 Å². The Morgan fingerprint density at radius 1 is 1.08 bits per heavy atom. The van der Waals surface area contributed by atoms with Crippen molar-refractivity contribution in [3.05, 3.63) is 12.2 Å². The van der Waals surface area contributed by atoms with Gasteiger partial charge in [-0.2, -0.15) is 0 Å². The van der Waals surface area contributed by atoms with Gasteiger partial charge in [-0.25, -0.2) is 0 Å². The minimum absolute atomic E-state index is 0.296. The first-order valence-corrected chi connectivity index (χ1v) is 5.58. The van der Waals surface area contributed by atoms with Gasteiger partial charge >= 0.3 is 0 Å². The highest BCUT2D eigenvalue weighted by Gasteiger charge is 2.43. The Balaban J connectivity index is 2.01. The number of allylic oxidation sites excluding steroid dienone is 2. The predicted octanol–water partition coefficient (Wildman–Crippen LogP) is 2.57. The summed E-state index contributed by atoms with van der Waals surface area (Å²) in [7, 11) is 0. The number of Topliss-reactive ketones (excluding diaryl/α,β-unsaturated/α-hetero) is 1. The molecule has 0 saturated heterocycles. The molecule has 0 aliphatic heterocycles. The molecule has 0 N–H and O–H groups in total. The highest BCUT2D eigenvalue weighted by molar-refractivity contribution is 5.86. The average Bonchev–Trinajstić information content (AvgIpc) is 2.58. The smallest absolute Gasteiger partial charge is 0.143 e. The summed E-state index contributed by atoms with van der Waals surface area (Å²) in [4.78, 5) is 12.0. The number of ketones is 1. The summed E-state index contributed by atoms with van der Waals surface area (Å²) in [5.74, 6) is 2.77. The van der Waals surface area contributed by atoms with Gasteiger partial charge in [-0.3, -0.25) is 4.79 Å². The lowest BCUT2D eigenvalue weighted by Crippen LogP contribution is -2.22. The van der Waals surface area contributed by atoms with Gasteiger partial charge in [-0.05, 0) is 37.5 Å². The molecule has 2 saturated carbocycles. The summed E-state index contributed by atoms with van der Waals surface area (Å²) in [6.45, 7) is 0. The Hall–Kier alpha value is -0.590. The minimum Gasteiger partial charge on any atom is -0.299 e. The number of hydrogen-bond donors (Lipinski definition) is 0. The maximum atomic E-state index is 12.0. The molecule has 4 aliphatic carbocycles. The summed E-state index contributed by atoms with van der Waals surface area (Å²) in [6, 6.07) is 0. The molecule has 4 rings (SSSR count). The molecule has 0 aromatic carbocycles. The highest BCUT2D eigenvalue weighted by atomic mass is 16.1. The van der Waals surface area contributed by atoms with E-state index in [1.165, 1.54) is 25.7 Å². The van der Waals surface area contributed by atoms with Crippen LogP contribution in [0.2, 0.25) is 0 Å². The van der Waals surface area contributed by atoms with E-state index in [0.717, 1.165) is 18.3 Å². The van der Waals surface area contributed by atoms with Crippen molar-refractivity contribution in [1.82, 2.24) is 0 Å². The standard InChI is InChI=1S/C12H16O/c13-12-9-6-4-8(5-7-9)10-2-1-3-11(10)12/h4,6,8-11H,1-3,5,7H2/t8-,9+,10-,11-/m0/s1. The lowest BCUT2D eigenvalue weighted by Gasteiger charge is -2.21. The monoisotopic (exact) mass is 176 g/mol. The lowest BCUT2D eigenvalue weighted by molar-refractivity contribution is -0.125. The molecule has 0 unspecified atom stereocenters. The van der Waals surface area contributed by atoms with E-state index in [-0.39, 0.29) is 0 Å². The zero-order chi connectivity index (χ0) is 8.84. The maximum Gasteiger partial charge on any atom is 0.143 e. The van der Waals surface area contributed by atoms with Crippen molar-refractivity contribution >= 4 is 5.78 Å². The van der Waals surface area contributed by atoms with Crippen molar-refractivity contribution in [2.45, 2.75) is 32.1 Å². The Labute approximate surface area is 79.2 Å². The van der Waals surface area contributed by atoms with Crippen molar-refractivity contribution in [3.63, 3.8) is 0 Å². The third kappa shape index (κ3) is 1.02. The van der Waals surface area contributed by atoms with Gasteiger partial charge in [0, 0.05) is 11.8 Å². The zero-order valence-electron chi connectivity index (χ0n) is 7.91. The van der Waals surface area contributed by atoms with E-state index in [1.54, 1.807) is 0 Å². The minimum atomic E-state index is 0.296. The van der Waals surface area contributed by atoms with Gasteiger partial charge in [0.1, 0.15) is 5.78 Å². The summed E-state index contributed by atoms with van der Waals surface area (Å²) in [6.07, 6.45) is 10.7. The molecule has 0 radical (unpaired) electrons. The van der Waals surface area contributed by atoms with Gasteiger partial charge in [0.25, 0.3) is 0 Å². The van der Waals surface area contributed by atoms with E-state index in [9.17, 15) is 4.79 Å². The first kappa shape index (κ1) is 7.78. The molecule has 1 nitrogen and oxygen atoms in total. The molecule has 4 aliphatic rings. The molecule has 13 heavy (non-hydrogen) atoms. The van der Waals surface area contributed by atoms with Crippen molar-refractivity contribution in [3.8, 4) is 0 Å². The molecule has 70 valence electrons. The molecule has 4 atom stereocenters. The SMILES string of the molecule is O=C1[C@@H]2C=C[C@@H](CC2)[C@@H]2CCC[C@H]12. The fourth-order valence-electron chi connectivity index (χ4n) is 3.56. The van der Waals surface area contributed by atoms with Gasteiger partial charge in [-0.1, -0.05) is 18.6 Å². The molecule has 2 fully saturated rings. The molecule has 0 aromatic heterocycles. The van der Waals surface area contributed by atoms with E-state index in [0.29, 0.717) is 17.6 Å². The number of rotatable bonds is 0. The Morgan fingerprint density at radius 3 is 2.77 bits per heavy atom. The van der Waals surface area contributed by atoms with Crippen LogP contribution in [0.1, 0.15) is 32.1 Å². The van der Waals surface area contributed by atoms with Gasteiger partial charge in [0.15, 0.2) is 0 Å². The summed E-state index contributed by atoms with van der Waals surface area (Å²) in [5.41, 5.74) is 0. The number of carbonyl (C=O) groups excluding carboxylic acids is 1. The van der Waals surface area contributed by atoms with E-state index in [2.05, 4.69) is 12.2 Å². The fraction of sp³-hybridized carbons (Fsp3) is 0.750.